The first kappa shape index (κ1) is 13.1. The van der Waals surface area contributed by atoms with Crippen LogP contribution in [0.25, 0.3) is 0 Å². The van der Waals surface area contributed by atoms with Gasteiger partial charge < -0.3 is 0 Å². The number of hydrogen-bond acceptors (Lipinski definition) is 5. The van der Waals surface area contributed by atoms with Crippen molar-refractivity contribution < 1.29 is 24.8 Å². The van der Waals surface area contributed by atoms with E-state index in [1.54, 1.807) is 0 Å². The summed E-state index contributed by atoms with van der Waals surface area (Å²) < 4.78 is 0. The Balaban J connectivity index is 3.39. The summed E-state index contributed by atoms with van der Waals surface area (Å²) in [4.78, 5) is 25.5. The van der Waals surface area contributed by atoms with Gasteiger partial charge in [0.25, 0.3) is 0 Å². The maximum Gasteiger partial charge on any atom is 0.346 e. The molecule has 1 N–H and O–H groups in total. The van der Waals surface area contributed by atoms with Crippen LogP contribution in [0.2, 0.25) is 0 Å². The van der Waals surface area contributed by atoms with Crippen LogP contribution in [0.1, 0.15) is 45.4 Å². The highest BCUT2D eigenvalue weighted by atomic mass is 17.5. The third-order valence-corrected chi connectivity index (χ3v) is 1.80. The Morgan fingerprint density at radius 1 is 1.14 bits per heavy atom. The van der Waals surface area contributed by atoms with Gasteiger partial charge in [0.2, 0.25) is 0 Å². The summed E-state index contributed by atoms with van der Waals surface area (Å²) in [5, 5.41) is 10.9. The molecule has 0 radical (unpaired) electrons. The van der Waals surface area contributed by atoms with Gasteiger partial charge in [0.15, 0.2) is 0 Å². The molecule has 0 bridgehead atoms. The normalized spacial score (nSPS) is 9.86. The molecule has 0 amide bonds. The summed E-state index contributed by atoms with van der Waals surface area (Å²) in [6.45, 7) is 2.06. The molecule has 0 saturated carbocycles. The average molecular weight is 204 g/mol. The molecule has 0 saturated heterocycles. The lowest BCUT2D eigenvalue weighted by molar-refractivity contribution is -0.462. The first-order valence-corrected chi connectivity index (χ1v) is 4.73. The van der Waals surface area contributed by atoms with Crippen LogP contribution in [0.3, 0.4) is 0 Å². The molecule has 0 spiro atoms. The Labute approximate surface area is 82.9 Å². The minimum Gasteiger partial charge on any atom is -0.300 e. The average Bonchev–Trinajstić information content (AvgIpc) is 2.16. The van der Waals surface area contributed by atoms with Gasteiger partial charge in [0, 0.05) is 12.8 Å². The molecular formula is C9H16O5. The van der Waals surface area contributed by atoms with E-state index in [0.717, 1.165) is 19.3 Å². The van der Waals surface area contributed by atoms with Crippen LogP contribution in [-0.2, 0) is 19.5 Å². The van der Waals surface area contributed by atoms with Crippen LogP contribution in [0.15, 0.2) is 0 Å². The predicted octanol–water partition coefficient (Wildman–Crippen LogP) is 1.86. The molecule has 0 fully saturated rings. The van der Waals surface area contributed by atoms with Crippen LogP contribution in [-0.4, -0.2) is 17.0 Å². The molecule has 82 valence electrons. The molecule has 14 heavy (non-hydrogen) atoms. The molecule has 0 aromatic heterocycles. The second-order valence-corrected chi connectivity index (χ2v) is 3.03. The lowest BCUT2D eigenvalue weighted by Crippen LogP contribution is -2.07. The smallest absolute Gasteiger partial charge is 0.300 e. The number of hydrogen-bond donors (Lipinski definition) is 1. The number of carbonyl (C=O) groups excluding carboxylic acids is 2. The zero-order chi connectivity index (χ0) is 10.8. The summed E-state index contributed by atoms with van der Waals surface area (Å²) in [7, 11) is 0. The Morgan fingerprint density at radius 2 is 1.86 bits per heavy atom. The molecule has 0 aliphatic rings. The lowest BCUT2D eigenvalue weighted by Gasteiger charge is -1.99. The molecule has 0 atom stereocenters. The van der Waals surface area contributed by atoms with Crippen molar-refractivity contribution in [3.8, 4) is 0 Å². The van der Waals surface area contributed by atoms with Crippen molar-refractivity contribution in [2.24, 2.45) is 0 Å². The van der Waals surface area contributed by atoms with E-state index >= 15 is 0 Å². The van der Waals surface area contributed by atoms with Gasteiger partial charge in [0.05, 0.1) is 6.42 Å². The van der Waals surface area contributed by atoms with Gasteiger partial charge in [-0.3, -0.25) is 9.68 Å². The predicted molar refractivity (Wildman–Crippen MR) is 48.2 cm³/mol. The Morgan fingerprint density at radius 3 is 2.43 bits per heavy atom. The van der Waals surface area contributed by atoms with Gasteiger partial charge in [-0.2, -0.15) is 0 Å². The highest BCUT2D eigenvalue weighted by molar-refractivity contribution is 5.82. The largest absolute Gasteiger partial charge is 0.346 e. The highest BCUT2D eigenvalue weighted by Crippen LogP contribution is 2.04. The second-order valence-electron chi connectivity index (χ2n) is 3.03. The van der Waals surface area contributed by atoms with Gasteiger partial charge in [-0.25, -0.2) is 10.1 Å². The number of unbranched alkanes of at least 4 members (excludes halogenated alkanes) is 2. The van der Waals surface area contributed by atoms with Crippen LogP contribution < -0.4 is 0 Å². The molecular weight excluding hydrogens is 188 g/mol. The van der Waals surface area contributed by atoms with Crippen LogP contribution in [0, 0.1) is 0 Å². The maximum atomic E-state index is 11.1. The Bertz CT molecular complexity index is 178. The Kier molecular flexibility index (Phi) is 8.07. The van der Waals surface area contributed by atoms with Crippen LogP contribution >= 0.6 is 0 Å². The van der Waals surface area contributed by atoms with Crippen molar-refractivity contribution in [3.05, 3.63) is 0 Å². The molecule has 0 aliphatic heterocycles. The lowest BCUT2D eigenvalue weighted by atomic mass is 10.1. The zero-order valence-electron chi connectivity index (χ0n) is 8.32. The number of ketones is 1. The molecule has 0 aromatic rings. The van der Waals surface area contributed by atoms with Gasteiger partial charge >= 0.3 is 5.97 Å². The van der Waals surface area contributed by atoms with E-state index in [0.29, 0.717) is 6.42 Å². The minimum absolute atomic E-state index is 0.0355. The van der Waals surface area contributed by atoms with Crippen LogP contribution in [0.5, 0.6) is 0 Å². The third-order valence-electron chi connectivity index (χ3n) is 1.80. The minimum atomic E-state index is -0.739. The molecule has 5 heteroatoms. The van der Waals surface area contributed by atoms with Gasteiger partial charge in [0.1, 0.15) is 5.78 Å². The molecule has 0 unspecified atom stereocenters. The first-order chi connectivity index (χ1) is 6.70. The maximum absolute atomic E-state index is 11.1. The second kappa shape index (κ2) is 8.65. The summed E-state index contributed by atoms with van der Waals surface area (Å²) >= 11 is 0. The third kappa shape index (κ3) is 7.70. The highest BCUT2D eigenvalue weighted by Gasteiger charge is 2.08. The van der Waals surface area contributed by atoms with E-state index in [1.807, 2.05) is 0 Å². The van der Waals surface area contributed by atoms with Crippen LogP contribution in [0.4, 0.5) is 0 Å². The first-order valence-electron chi connectivity index (χ1n) is 4.73. The summed E-state index contributed by atoms with van der Waals surface area (Å²) in [6, 6.07) is 0. The van der Waals surface area contributed by atoms with E-state index in [1.165, 1.54) is 0 Å². The van der Waals surface area contributed by atoms with Crippen molar-refractivity contribution in [3.63, 3.8) is 0 Å². The van der Waals surface area contributed by atoms with Gasteiger partial charge in [-0.15, -0.1) is 0 Å². The SMILES string of the molecule is CCCCCC(=O)CCC(=O)OOO. The van der Waals surface area contributed by atoms with Crippen molar-refractivity contribution >= 4 is 11.8 Å². The van der Waals surface area contributed by atoms with E-state index in [2.05, 4.69) is 16.8 Å². The summed E-state index contributed by atoms with van der Waals surface area (Å²) in [5.41, 5.74) is 0. The van der Waals surface area contributed by atoms with Crippen molar-refractivity contribution in [1.29, 1.82) is 0 Å². The Hall–Kier alpha value is -0.940. The molecule has 0 rings (SSSR count). The fourth-order valence-electron chi connectivity index (χ4n) is 1.02. The van der Waals surface area contributed by atoms with Crippen molar-refractivity contribution in [2.75, 3.05) is 0 Å². The standard InChI is InChI=1S/C9H16O5/c1-2-3-4-5-8(10)6-7-9(11)13-14-12/h12H,2-7H2,1H3. The van der Waals surface area contributed by atoms with E-state index in [9.17, 15) is 9.59 Å². The number of carbonyl (C=O) groups is 2. The zero-order valence-corrected chi connectivity index (χ0v) is 8.32. The monoisotopic (exact) mass is 204 g/mol. The summed E-state index contributed by atoms with van der Waals surface area (Å²) in [6.07, 6.45) is 3.54. The molecule has 5 nitrogen and oxygen atoms in total. The quantitative estimate of drug-likeness (QED) is 0.371. The van der Waals surface area contributed by atoms with Crippen molar-refractivity contribution in [2.45, 2.75) is 45.4 Å². The molecule has 0 aromatic carbocycles. The van der Waals surface area contributed by atoms with E-state index < -0.39 is 5.97 Å². The fourth-order valence-corrected chi connectivity index (χ4v) is 1.02. The fraction of sp³-hybridized carbons (Fsp3) is 0.778. The number of Topliss-reactive ketones (excluding diaryl/α,β-unsaturated/α-hetero) is 1. The van der Waals surface area contributed by atoms with E-state index in [4.69, 9.17) is 5.26 Å². The molecule has 0 heterocycles. The molecule has 0 aliphatic carbocycles. The van der Waals surface area contributed by atoms with Gasteiger partial charge in [-0.05, 0) is 11.5 Å². The topological polar surface area (TPSA) is 72.8 Å². The van der Waals surface area contributed by atoms with E-state index in [-0.39, 0.29) is 18.6 Å². The van der Waals surface area contributed by atoms with Crippen molar-refractivity contribution in [1.82, 2.24) is 0 Å². The number of rotatable bonds is 8. The summed E-state index contributed by atoms with van der Waals surface area (Å²) in [5.74, 6) is -0.704. The van der Waals surface area contributed by atoms with Gasteiger partial charge in [-0.1, -0.05) is 19.8 Å².